The predicted molar refractivity (Wildman–Crippen MR) is 98.3 cm³/mol. The lowest BCUT2D eigenvalue weighted by Crippen LogP contribution is -2.32. The van der Waals surface area contributed by atoms with E-state index < -0.39 is 10.0 Å². The zero-order valence-corrected chi connectivity index (χ0v) is 15.8. The number of ether oxygens (including phenoxy) is 1. The van der Waals surface area contributed by atoms with Gasteiger partial charge in [0.1, 0.15) is 21.7 Å². The molecule has 0 spiro atoms. The van der Waals surface area contributed by atoms with Gasteiger partial charge in [0.2, 0.25) is 10.0 Å². The zero-order chi connectivity index (χ0) is 18.0. The Labute approximate surface area is 151 Å². The molecule has 0 saturated carbocycles. The maximum absolute atomic E-state index is 13.0. The molecule has 8 heteroatoms. The Morgan fingerprint density at radius 1 is 1.08 bits per heavy atom. The predicted octanol–water partition coefficient (Wildman–Crippen LogP) is 3.38. The molecule has 3 aromatic rings. The fourth-order valence-corrected chi connectivity index (χ4v) is 4.77. The molecule has 0 aliphatic heterocycles. The van der Waals surface area contributed by atoms with Crippen LogP contribution in [0.3, 0.4) is 0 Å². The van der Waals surface area contributed by atoms with E-state index in [0.29, 0.717) is 11.0 Å². The number of nitrogens with one attached hydrogen (secondary N) is 1. The number of sulfonamides is 1. The molecular weight excluding hydrogens is 358 g/mol. The van der Waals surface area contributed by atoms with E-state index in [0.717, 1.165) is 23.0 Å². The molecule has 3 rings (SSSR count). The van der Waals surface area contributed by atoms with Gasteiger partial charge in [-0.05, 0) is 35.7 Å². The molecule has 0 amide bonds. The molecule has 25 heavy (non-hydrogen) atoms. The first-order valence-corrected chi connectivity index (χ1v) is 10.0. The second-order valence-corrected chi connectivity index (χ2v) is 8.22. The smallest absolute Gasteiger partial charge is 0.243 e. The monoisotopic (exact) mass is 377 g/mol. The number of hydrogen-bond donors (Lipinski definition) is 1. The maximum Gasteiger partial charge on any atom is 0.243 e. The number of nitrogens with zero attached hydrogens (tertiary/aromatic N) is 2. The maximum atomic E-state index is 13.0. The number of methoxy groups -OCH3 is 1. The summed E-state index contributed by atoms with van der Waals surface area (Å²) < 4.78 is 42.1. The van der Waals surface area contributed by atoms with Gasteiger partial charge in [-0.3, -0.25) is 0 Å². The minimum absolute atomic E-state index is 0.0657. The lowest BCUT2D eigenvalue weighted by Gasteiger charge is -2.23. The molecule has 1 unspecified atom stereocenters. The SMILES string of the molecule is COc1ccc(C(NS(=O)(=O)c2cccc3nsnc23)C(C)C)cc1. The van der Waals surface area contributed by atoms with Crippen LogP contribution in [0.5, 0.6) is 5.75 Å². The van der Waals surface area contributed by atoms with Crippen molar-refractivity contribution in [2.75, 3.05) is 7.11 Å². The van der Waals surface area contributed by atoms with E-state index in [2.05, 4.69) is 13.5 Å². The average molecular weight is 377 g/mol. The molecule has 0 aliphatic rings. The van der Waals surface area contributed by atoms with E-state index in [1.54, 1.807) is 25.3 Å². The van der Waals surface area contributed by atoms with Gasteiger partial charge < -0.3 is 4.74 Å². The zero-order valence-electron chi connectivity index (χ0n) is 14.1. The van der Waals surface area contributed by atoms with Gasteiger partial charge in [0, 0.05) is 6.04 Å². The molecule has 1 aromatic heterocycles. The molecule has 0 fully saturated rings. The first-order valence-electron chi connectivity index (χ1n) is 7.80. The van der Waals surface area contributed by atoms with Crippen molar-refractivity contribution in [2.24, 2.45) is 5.92 Å². The minimum atomic E-state index is -3.74. The lowest BCUT2D eigenvalue weighted by molar-refractivity contribution is 0.413. The second-order valence-electron chi connectivity index (χ2n) is 6.00. The van der Waals surface area contributed by atoms with Crippen molar-refractivity contribution < 1.29 is 13.2 Å². The molecule has 1 N–H and O–H groups in total. The van der Waals surface area contributed by atoms with Gasteiger partial charge in [-0.25, -0.2) is 13.1 Å². The van der Waals surface area contributed by atoms with E-state index >= 15 is 0 Å². The average Bonchev–Trinajstić information content (AvgIpc) is 3.08. The molecule has 1 atom stereocenters. The summed E-state index contributed by atoms with van der Waals surface area (Å²) in [6.45, 7) is 3.95. The van der Waals surface area contributed by atoms with Crippen LogP contribution in [0, 0.1) is 5.92 Å². The third kappa shape index (κ3) is 3.65. The van der Waals surface area contributed by atoms with Crippen LogP contribution in [-0.4, -0.2) is 24.3 Å². The molecular formula is C17H19N3O3S2. The second kappa shape index (κ2) is 7.07. The summed E-state index contributed by atoms with van der Waals surface area (Å²) in [5.41, 5.74) is 1.86. The normalized spacial score (nSPS) is 13.3. The van der Waals surface area contributed by atoms with Crippen LogP contribution in [0.15, 0.2) is 47.4 Å². The standard InChI is InChI=1S/C17H19N3O3S2/c1-11(2)16(12-7-9-13(23-3)10-8-12)20-25(21,22)15-6-4-5-14-17(15)19-24-18-14/h4-11,16,20H,1-3H3. The molecule has 132 valence electrons. The third-order valence-electron chi connectivity index (χ3n) is 3.96. The summed E-state index contributed by atoms with van der Waals surface area (Å²) >= 11 is 1.00. The Bertz CT molecular complexity index is 966. The van der Waals surface area contributed by atoms with Crippen molar-refractivity contribution in [3.05, 3.63) is 48.0 Å². The van der Waals surface area contributed by atoms with Crippen LogP contribution in [0.1, 0.15) is 25.5 Å². The molecule has 0 saturated heterocycles. The third-order valence-corrected chi connectivity index (χ3v) is 5.98. The Morgan fingerprint density at radius 3 is 2.44 bits per heavy atom. The van der Waals surface area contributed by atoms with Crippen molar-refractivity contribution in [1.29, 1.82) is 0 Å². The topological polar surface area (TPSA) is 81.2 Å². The van der Waals surface area contributed by atoms with Gasteiger partial charge in [-0.1, -0.05) is 32.0 Å². The number of rotatable bonds is 6. The van der Waals surface area contributed by atoms with Crippen LogP contribution in [0.25, 0.3) is 11.0 Å². The quantitative estimate of drug-likeness (QED) is 0.712. The van der Waals surface area contributed by atoms with E-state index in [1.165, 1.54) is 0 Å². The first kappa shape index (κ1) is 17.8. The summed E-state index contributed by atoms with van der Waals surface area (Å²) in [4.78, 5) is 0.151. The van der Waals surface area contributed by atoms with Crippen LogP contribution < -0.4 is 9.46 Å². The molecule has 1 heterocycles. The number of benzene rings is 2. The Kier molecular flexibility index (Phi) is 5.03. The number of hydrogen-bond acceptors (Lipinski definition) is 6. The summed E-state index contributed by atoms with van der Waals surface area (Å²) in [5, 5.41) is 0. The summed E-state index contributed by atoms with van der Waals surface area (Å²) in [6.07, 6.45) is 0. The number of aromatic nitrogens is 2. The van der Waals surface area contributed by atoms with Crippen molar-refractivity contribution in [2.45, 2.75) is 24.8 Å². The van der Waals surface area contributed by atoms with Crippen LogP contribution in [-0.2, 0) is 10.0 Å². The van der Waals surface area contributed by atoms with E-state index in [4.69, 9.17) is 4.74 Å². The molecule has 2 aromatic carbocycles. The summed E-state index contributed by atoms with van der Waals surface area (Å²) in [5.74, 6) is 0.795. The molecule has 0 radical (unpaired) electrons. The van der Waals surface area contributed by atoms with Gasteiger partial charge in [0.05, 0.1) is 18.8 Å². The fraction of sp³-hybridized carbons (Fsp3) is 0.294. The Hall–Kier alpha value is -2.03. The van der Waals surface area contributed by atoms with Crippen molar-refractivity contribution in [3.63, 3.8) is 0 Å². The highest BCUT2D eigenvalue weighted by atomic mass is 32.2. The molecule has 6 nitrogen and oxygen atoms in total. The van der Waals surface area contributed by atoms with Gasteiger partial charge >= 0.3 is 0 Å². The first-order chi connectivity index (χ1) is 11.9. The largest absolute Gasteiger partial charge is 0.497 e. The summed E-state index contributed by atoms with van der Waals surface area (Å²) in [6, 6.07) is 12.0. The van der Waals surface area contributed by atoms with Gasteiger partial charge in [-0.2, -0.15) is 8.75 Å². The fourth-order valence-electron chi connectivity index (χ4n) is 2.63. The summed E-state index contributed by atoms with van der Waals surface area (Å²) in [7, 11) is -2.14. The van der Waals surface area contributed by atoms with Crippen molar-refractivity contribution >= 4 is 32.8 Å². The van der Waals surface area contributed by atoms with E-state index in [1.807, 2.05) is 38.1 Å². The lowest BCUT2D eigenvalue weighted by atomic mass is 9.97. The van der Waals surface area contributed by atoms with Gasteiger partial charge in [-0.15, -0.1) is 0 Å². The Balaban J connectivity index is 1.97. The van der Waals surface area contributed by atoms with Crippen LogP contribution in [0.4, 0.5) is 0 Å². The number of fused-ring (bicyclic) bond motifs is 1. The molecule has 0 bridgehead atoms. The highest BCUT2D eigenvalue weighted by molar-refractivity contribution is 7.89. The van der Waals surface area contributed by atoms with E-state index in [9.17, 15) is 8.42 Å². The Morgan fingerprint density at radius 2 is 1.80 bits per heavy atom. The highest BCUT2D eigenvalue weighted by Gasteiger charge is 2.26. The van der Waals surface area contributed by atoms with Crippen LogP contribution >= 0.6 is 11.7 Å². The highest BCUT2D eigenvalue weighted by Crippen LogP contribution is 2.28. The molecule has 0 aliphatic carbocycles. The van der Waals surface area contributed by atoms with Gasteiger partial charge in [0.25, 0.3) is 0 Å². The van der Waals surface area contributed by atoms with E-state index in [-0.39, 0.29) is 16.9 Å². The minimum Gasteiger partial charge on any atom is -0.497 e. The van der Waals surface area contributed by atoms with Crippen molar-refractivity contribution in [3.8, 4) is 5.75 Å². The van der Waals surface area contributed by atoms with Crippen LogP contribution in [0.2, 0.25) is 0 Å². The van der Waals surface area contributed by atoms with Crippen molar-refractivity contribution in [1.82, 2.24) is 13.5 Å². The van der Waals surface area contributed by atoms with Gasteiger partial charge in [0.15, 0.2) is 0 Å².